The molecular weight excluding hydrogens is 228 g/mol. The van der Waals surface area contributed by atoms with Crippen LogP contribution in [0.15, 0.2) is 42.0 Å². The largest absolute Gasteiger partial charge is 0.497 e. The van der Waals surface area contributed by atoms with Crippen LogP contribution in [0.25, 0.3) is 6.08 Å². The van der Waals surface area contributed by atoms with E-state index in [0.29, 0.717) is 12.8 Å². The molecule has 0 atom stereocenters. The first-order valence-electron chi connectivity index (χ1n) is 5.75. The summed E-state index contributed by atoms with van der Waals surface area (Å²) in [5.41, 5.74) is 2.45. The fraction of sp³-hybridized carbons (Fsp3) is 0.267. The zero-order chi connectivity index (χ0) is 13.5. The Bertz CT molecular complexity index is 455. The Morgan fingerprint density at radius 2 is 1.94 bits per heavy atom. The lowest BCUT2D eigenvalue weighted by Crippen LogP contribution is -1.98. The van der Waals surface area contributed by atoms with Gasteiger partial charge in [-0.25, -0.2) is 4.79 Å². The highest BCUT2D eigenvalue weighted by Gasteiger charge is 2.03. The summed E-state index contributed by atoms with van der Waals surface area (Å²) in [5, 5.41) is 8.71. The van der Waals surface area contributed by atoms with Crippen LogP contribution in [0.5, 0.6) is 5.75 Å². The number of hydrogen-bond acceptors (Lipinski definition) is 2. The van der Waals surface area contributed by atoms with Crippen molar-refractivity contribution < 1.29 is 14.6 Å². The first-order valence-corrected chi connectivity index (χ1v) is 5.75. The van der Waals surface area contributed by atoms with Gasteiger partial charge in [0.1, 0.15) is 5.75 Å². The van der Waals surface area contributed by atoms with E-state index in [4.69, 9.17) is 9.84 Å². The minimum Gasteiger partial charge on any atom is -0.497 e. The van der Waals surface area contributed by atoms with Crippen molar-refractivity contribution >= 4 is 12.0 Å². The molecule has 1 aromatic rings. The number of ether oxygens (including phenoxy) is 1. The molecule has 1 rings (SSSR count). The first kappa shape index (κ1) is 14.0. The summed E-state index contributed by atoms with van der Waals surface area (Å²) in [4.78, 5) is 10.6. The number of allylic oxidation sites excluding steroid dienone is 1. The van der Waals surface area contributed by atoms with Crippen molar-refractivity contribution in [1.29, 1.82) is 0 Å². The summed E-state index contributed by atoms with van der Waals surface area (Å²) in [5.74, 6) is -0.101. The van der Waals surface area contributed by atoms with Gasteiger partial charge < -0.3 is 9.84 Å². The number of carbonyl (C=O) groups is 1. The van der Waals surface area contributed by atoms with Gasteiger partial charge in [0.2, 0.25) is 0 Å². The van der Waals surface area contributed by atoms with Crippen LogP contribution in [0, 0.1) is 0 Å². The molecule has 18 heavy (non-hydrogen) atoms. The van der Waals surface area contributed by atoms with Crippen molar-refractivity contribution in [3.63, 3.8) is 0 Å². The summed E-state index contributed by atoms with van der Waals surface area (Å²) in [7, 11) is 1.63. The minimum absolute atomic E-state index is 0.248. The SMILES string of the molecule is C=C(CCC(C)=Cc1ccc(OC)cc1)C(=O)O. The molecule has 0 radical (unpaired) electrons. The van der Waals surface area contributed by atoms with Gasteiger partial charge in [0.25, 0.3) is 0 Å². The van der Waals surface area contributed by atoms with Gasteiger partial charge in [0, 0.05) is 5.57 Å². The predicted octanol–water partition coefficient (Wildman–Crippen LogP) is 3.52. The molecule has 1 N–H and O–H groups in total. The zero-order valence-corrected chi connectivity index (χ0v) is 10.8. The maximum absolute atomic E-state index is 10.6. The molecule has 0 saturated heterocycles. The molecule has 0 aromatic heterocycles. The zero-order valence-electron chi connectivity index (χ0n) is 10.8. The second-order valence-electron chi connectivity index (χ2n) is 4.17. The molecule has 0 bridgehead atoms. The molecule has 0 unspecified atom stereocenters. The van der Waals surface area contributed by atoms with Crippen LogP contribution in [0.1, 0.15) is 25.3 Å². The lowest BCUT2D eigenvalue weighted by molar-refractivity contribution is -0.132. The van der Waals surface area contributed by atoms with Gasteiger partial charge in [-0.15, -0.1) is 0 Å². The van der Waals surface area contributed by atoms with Gasteiger partial charge in [-0.05, 0) is 37.5 Å². The van der Waals surface area contributed by atoms with Crippen LogP contribution in [-0.4, -0.2) is 18.2 Å². The summed E-state index contributed by atoms with van der Waals surface area (Å²) < 4.78 is 5.08. The van der Waals surface area contributed by atoms with Gasteiger partial charge in [-0.2, -0.15) is 0 Å². The number of methoxy groups -OCH3 is 1. The third-order valence-corrected chi connectivity index (χ3v) is 2.65. The van der Waals surface area contributed by atoms with Gasteiger partial charge >= 0.3 is 5.97 Å². The van der Waals surface area contributed by atoms with Crippen molar-refractivity contribution in [2.45, 2.75) is 19.8 Å². The smallest absolute Gasteiger partial charge is 0.330 e. The standard InChI is InChI=1S/C15H18O3/c1-11(4-5-12(2)15(16)17)10-13-6-8-14(18-3)9-7-13/h6-10H,2,4-5H2,1,3H3,(H,16,17). The molecule has 0 fully saturated rings. The van der Waals surface area contributed by atoms with Gasteiger partial charge in [0.15, 0.2) is 0 Å². The quantitative estimate of drug-likeness (QED) is 0.781. The Morgan fingerprint density at radius 3 is 2.44 bits per heavy atom. The molecule has 0 aliphatic heterocycles. The monoisotopic (exact) mass is 246 g/mol. The molecule has 1 aromatic carbocycles. The van der Waals surface area contributed by atoms with Crippen molar-refractivity contribution in [2.75, 3.05) is 7.11 Å². The average Bonchev–Trinajstić information content (AvgIpc) is 2.36. The van der Waals surface area contributed by atoms with Crippen LogP contribution in [-0.2, 0) is 4.79 Å². The number of benzene rings is 1. The molecule has 0 aliphatic carbocycles. The van der Waals surface area contributed by atoms with Crippen LogP contribution < -0.4 is 4.74 Å². The molecule has 0 amide bonds. The fourth-order valence-electron chi connectivity index (χ4n) is 1.51. The molecule has 0 saturated carbocycles. The maximum atomic E-state index is 10.6. The second kappa shape index (κ2) is 6.64. The Labute approximate surface area is 107 Å². The predicted molar refractivity (Wildman–Crippen MR) is 72.7 cm³/mol. The van der Waals surface area contributed by atoms with Crippen LogP contribution in [0.4, 0.5) is 0 Å². The number of carboxylic acid groups (broad SMARTS) is 1. The van der Waals surface area contributed by atoms with Gasteiger partial charge in [0.05, 0.1) is 7.11 Å². The first-order chi connectivity index (χ1) is 8.52. The fourth-order valence-corrected chi connectivity index (χ4v) is 1.51. The van der Waals surface area contributed by atoms with E-state index in [1.54, 1.807) is 7.11 Å². The van der Waals surface area contributed by atoms with Gasteiger partial charge in [-0.3, -0.25) is 0 Å². The minimum atomic E-state index is -0.924. The van der Waals surface area contributed by atoms with E-state index < -0.39 is 5.97 Å². The normalized spacial score (nSPS) is 11.1. The molecule has 96 valence electrons. The molecular formula is C15H18O3. The van der Waals surface area contributed by atoms with E-state index in [0.717, 1.165) is 16.9 Å². The van der Waals surface area contributed by atoms with Crippen LogP contribution >= 0.6 is 0 Å². The molecule has 0 aliphatic rings. The van der Waals surface area contributed by atoms with Crippen molar-refractivity contribution in [3.05, 3.63) is 47.6 Å². The highest BCUT2D eigenvalue weighted by molar-refractivity contribution is 5.85. The number of aliphatic carboxylic acids is 1. The number of hydrogen-bond donors (Lipinski definition) is 1. The Morgan fingerprint density at radius 1 is 1.33 bits per heavy atom. The lowest BCUT2D eigenvalue weighted by atomic mass is 10.0. The van der Waals surface area contributed by atoms with E-state index in [-0.39, 0.29) is 5.57 Å². The Kier molecular flexibility index (Phi) is 5.18. The second-order valence-corrected chi connectivity index (χ2v) is 4.17. The highest BCUT2D eigenvalue weighted by Crippen LogP contribution is 2.17. The van der Waals surface area contributed by atoms with E-state index in [2.05, 4.69) is 6.58 Å². The molecule has 3 nitrogen and oxygen atoms in total. The van der Waals surface area contributed by atoms with E-state index in [1.165, 1.54) is 0 Å². The van der Waals surface area contributed by atoms with E-state index in [9.17, 15) is 4.79 Å². The van der Waals surface area contributed by atoms with Crippen molar-refractivity contribution in [2.24, 2.45) is 0 Å². The van der Waals surface area contributed by atoms with Crippen molar-refractivity contribution in [3.8, 4) is 5.75 Å². The van der Waals surface area contributed by atoms with Crippen LogP contribution in [0.2, 0.25) is 0 Å². The van der Waals surface area contributed by atoms with Crippen molar-refractivity contribution in [1.82, 2.24) is 0 Å². The highest BCUT2D eigenvalue weighted by atomic mass is 16.5. The lowest BCUT2D eigenvalue weighted by Gasteiger charge is -2.03. The average molecular weight is 246 g/mol. The molecule has 0 heterocycles. The summed E-state index contributed by atoms with van der Waals surface area (Å²) in [6, 6.07) is 7.73. The third-order valence-electron chi connectivity index (χ3n) is 2.65. The number of rotatable bonds is 6. The topological polar surface area (TPSA) is 46.5 Å². The van der Waals surface area contributed by atoms with E-state index >= 15 is 0 Å². The summed E-state index contributed by atoms with van der Waals surface area (Å²) in [6.45, 7) is 5.50. The molecule has 0 spiro atoms. The Hall–Kier alpha value is -2.03. The van der Waals surface area contributed by atoms with Gasteiger partial charge in [-0.1, -0.05) is 30.4 Å². The maximum Gasteiger partial charge on any atom is 0.330 e. The third kappa shape index (κ3) is 4.45. The summed E-state index contributed by atoms with van der Waals surface area (Å²) in [6.07, 6.45) is 3.22. The van der Waals surface area contributed by atoms with Crippen LogP contribution in [0.3, 0.4) is 0 Å². The summed E-state index contributed by atoms with van der Waals surface area (Å²) >= 11 is 0. The molecule has 3 heteroatoms. The number of carboxylic acids is 1. The van der Waals surface area contributed by atoms with E-state index in [1.807, 2.05) is 37.3 Å². The Balaban J connectivity index is 2.59.